The van der Waals surface area contributed by atoms with Crippen molar-refractivity contribution in [3.63, 3.8) is 0 Å². The Morgan fingerprint density at radius 2 is 1.73 bits per heavy atom. The van der Waals surface area contributed by atoms with Gasteiger partial charge in [0.05, 0.1) is 10.5 Å². The summed E-state index contributed by atoms with van der Waals surface area (Å²) < 4.78 is 76.5. The number of rotatable bonds is 3. The maximum absolute atomic E-state index is 13.1. The van der Waals surface area contributed by atoms with E-state index in [4.69, 9.17) is 8.98 Å². The van der Waals surface area contributed by atoms with Crippen molar-refractivity contribution in [2.24, 2.45) is 0 Å². The standard InChI is InChI=1S/C13H23F3O4SSi/c1-12(2,3)22(4,5)20-9-6-7-11(21(17,18)19)10(8-9)13(14,15)16/h9H,6-8H2,1-5H3,(H,17,18,19). The van der Waals surface area contributed by atoms with Crippen LogP contribution < -0.4 is 0 Å². The Hall–Kier alpha value is -0.383. The van der Waals surface area contributed by atoms with Crippen LogP contribution in [0.5, 0.6) is 0 Å². The molecule has 1 rings (SSSR count). The van der Waals surface area contributed by atoms with Gasteiger partial charge >= 0.3 is 6.18 Å². The molecule has 0 saturated heterocycles. The largest absolute Gasteiger partial charge is 0.414 e. The molecule has 22 heavy (non-hydrogen) atoms. The monoisotopic (exact) mass is 360 g/mol. The fourth-order valence-electron chi connectivity index (χ4n) is 2.14. The average molecular weight is 360 g/mol. The number of hydrogen-bond donors (Lipinski definition) is 1. The van der Waals surface area contributed by atoms with Gasteiger partial charge in [-0.15, -0.1) is 0 Å². The van der Waals surface area contributed by atoms with Gasteiger partial charge in [0.1, 0.15) is 0 Å². The zero-order valence-corrected chi connectivity index (χ0v) is 15.2. The quantitative estimate of drug-likeness (QED) is 0.603. The molecule has 4 nitrogen and oxygen atoms in total. The van der Waals surface area contributed by atoms with Crippen LogP contribution in [-0.4, -0.2) is 33.6 Å². The molecule has 0 fully saturated rings. The topological polar surface area (TPSA) is 63.6 Å². The molecule has 1 aliphatic rings. The fraction of sp³-hybridized carbons (Fsp3) is 0.846. The van der Waals surface area contributed by atoms with E-state index in [1.54, 1.807) is 0 Å². The van der Waals surface area contributed by atoms with Gasteiger partial charge in [-0.2, -0.15) is 21.6 Å². The van der Waals surface area contributed by atoms with E-state index in [-0.39, 0.29) is 17.9 Å². The average Bonchev–Trinajstić information content (AvgIpc) is 2.23. The number of hydrogen-bond acceptors (Lipinski definition) is 3. The van der Waals surface area contributed by atoms with E-state index in [2.05, 4.69) is 0 Å². The molecule has 0 amide bonds. The lowest BCUT2D eigenvalue weighted by atomic mass is 9.96. The predicted octanol–water partition coefficient (Wildman–Crippen LogP) is 4.26. The minimum atomic E-state index is -4.84. The van der Waals surface area contributed by atoms with Crippen molar-refractivity contribution < 1.29 is 30.6 Å². The van der Waals surface area contributed by atoms with Crippen molar-refractivity contribution in [1.29, 1.82) is 0 Å². The van der Waals surface area contributed by atoms with Gasteiger partial charge in [0.15, 0.2) is 8.32 Å². The van der Waals surface area contributed by atoms with Gasteiger partial charge in [-0.1, -0.05) is 20.8 Å². The molecule has 1 unspecified atom stereocenters. The van der Waals surface area contributed by atoms with Crippen molar-refractivity contribution in [1.82, 2.24) is 0 Å². The summed E-state index contributed by atoms with van der Waals surface area (Å²) in [7, 11) is -7.09. The van der Waals surface area contributed by atoms with Crippen LogP contribution in [0.25, 0.3) is 0 Å². The van der Waals surface area contributed by atoms with E-state index in [0.717, 1.165) is 0 Å². The van der Waals surface area contributed by atoms with E-state index in [0.29, 0.717) is 0 Å². The summed E-state index contributed by atoms with van der Waals surface area (Å²) in [5.41, 5.74) is -1.19. The Balaban J connectivity index is 3.10. The lowest BCUT2D eigenvalue weighted by Crippen LogP contribution is -2.45. The maximum Gasteiger partial charge on any atom is 0.413 e. The molecule has 130 valence electrons. The highest BCUT2D eigenvalue weighted by Crippen LogP contribution is 2.43. The van der Waals surface area contributed by atoms with Crippen molar-refractivity contribution in [2.75, 3.05) is 0 Å². The van der Waals surface area contributed by atoms with Crippen LogP contribution in [0.1, 0.15) is 40.0 Å². The molecule has 0 aromatic heterocycles. The predicted molar refractivity (Wildman–Crippen MR) is 80.6 cm³/mol. The maximum atomic E-state index is 13.1. The van der Waals surface area contributed by atoms with Crippen LogP contribution in [-0.2, 0) is 14.5 Å². The molecule has 1 N–H and O–H groups in total. The molecule has 0 aromatic rings. The summed E-state index contributed by atoms with van der Waals surface area (Å²) in [5.74, 6) is 0. The first-order valence-corrected chi connectivity index (χ1v) is 11.3. The second-order valence-corrected chi connectivity index (χ2v) is 13.3. The smallest absolute Gasteiger partial charge is 0.413 e. The second-order valence-electron chi connectivity index (χ2n) is 7.12. The summed E-state index contributed by atoms with van der Waals surface area (Å²) in [6.07, 6.45) is -6.21. The summed E-state index contributed by atoms with van der Waals surface area (Å²) in [6.45, 7) is 9.80. The first-order valence-electron chi connectivity index (χ1n) is 7.00. The molecule has 1 atom stereocenters. The highest BCUT2D eigenvalue weighted by molar-refractivity contribution is 7.89. The molecule has 0 bridgehead atoms. The van der Waals surface area contributed by atoms with Crippen LogP contribution in [0.4, 0.5) is 13.2 Å². The summed E-state index contributed by atoms with van der Waals surface area (Å²) in [5, 5.41) is -0.154. The Kier molecular flexibility index (Phi) is 5.29. The molecular formula is C13H23F3O4SSi. The van der Waals surface area contributed by atoms with Crippen LogP contribution in [0.15, 0.2) is 10.5 Å². The lowest BCUT2D eigenvalue weighted by Gasteiger charge is -2.40. The summed E-state index contributed by atoms with van der Waals surface area (Å²) in [6, 6.07) is 0. The zero-order valence-electron chi connectivity index (χ0n) is 13.4. The van der Waals surface area contributed by atoms with Crippen LogP contribution >= 0.6 is 0 Å². The molecule has 1 aliphatic carbocycles. The van der Waals surface area contributed by atoms with Gasteiger partial charge in [-0.05, 0) is 31.0 Å². The zero-order chi connectivity index (χ0) is 17.6. The molecule has 0 radical (unpaired) electrons. The number of allylic oxidation sites excluding steroid dienone is 1. The van der Waals surface area contributed by atoms with Crippen molar-refractivity contribution in [2.45, 2.75) is 70.4 Å². The third-order valence-electron chi connectivity index (χ3n) is 4.38. The third kappa shape index (κ3) is 4.56. The first-order chi connectivity index (χ1) is 9.56. The van der Waals surface area contributed by atoms with Crippen molar-refractivity contribution in [3.05, 3.63) is 10.5 Å². The third-order valence-corrected chi connectivity index (χ3v) is 9.99. The molecule has 9 heteroatoms. The van der Waals surface area contributed by atoms with Gasteiger partial charge in [0, 0.05) is 12.5 Å². The Morgan fingerprint density at radius 1 is 1.23 bits per heavy atom. The number of alkyl halides is 3. The number of halogens is 3. The van der Waals surface area contributed by atoms with Gasteiger partial charge in [-0.3, -0.25) is 4.55 Å². The van der Waals surface area contributed by atoms with Gasteiger partial charge in [0.25, 0.3) is 10.1 Å². The summed E-state index contributed by atoms with van der Waals surface area (Å²) in [4.78, 5) is -0.921. The molecule has 0 heterocycles. The molecule has 0 spiro atoms. The van der Waals surface area contributed by atoms with E-state index in [1.165, 1.54) is 0 Å². The molecule has 0 aromatic carbocycles. The molecule has 0 aliphatic heterocycles. The van der Waals surface area contributed by atoms with E-state index >= 15 is 0 Å². The van der Waals surface area contributed by atoms with E-state index in [1.807, 2.05) is 33.9 Å². The Labute approximate surface area is 130 Å². The van der Waals surface area contributed by atoms with E-state index < -0.39 is 47.6 Å². The van der Waals surface area contributed by atoms with Crippen molar-refractivity contribution in [3.8, 4) is 0 Å². The highest BCUT2D eigenvalue weighted by atomic mass is 32.2. The van der Waals surface area contributed by atoms with E-state index in [9.17, 15) is 21.6 Å². The van der Waals surface area contributed by atoms with Gasteiger partial charge < -0.3 is 4.43 Å². The van der Waals surface area contributed by atoms with Crippen molar-refractivity contribution >= 4 is 18.4 Å². The summed E-state index contributed by atoms with van der Waals surface area (Å²) >= 11 is 0. The van der Waals surface area contributed by atoms with Crippen LogP contribution in [0, 0.1) is 0 Å². The second kappa shape index (κ2) is 5.92. The van der Waals surface area contributed by atoms with Crippen LogP contribution in [0.2, 0.25) is 18.1 Å². The Bertz CT molecular complexity index is 559. The first kappa shape index (κ1) is 19.7. The van der Waals surface area contributed by atoms with Gasteiger partial charge in [0.2, 0.25) is 0 Å². The molecule has 0 saturated carbocycles. The molecular weight excluding hydrogens is 337 g/mol. The minimum Gasteiger partial charge on any atom is -0.414 e. The van der Waals surface area contributed by atoms with Gasteiger partial charge in [-0.25, -0.2) is 0 Å². The van der Waals surface area contributed by atoms with Crippen LogP contribution in [0.3, 0.4) is 0 Å². The minimum absolute atomic E-state index is 0.154. The highest BCUT2D eigenvalue weighted by Gasteiger charge is 2.45. The lowest BCUT2D eigenvalue weighted by molar-refractivity contribution is -0.0987. The normalized spacial score (nSPS) is 22.1. The fourth-order valence-corrected chi connectivity index (χ4v) is 4.41. The SMILES string of the molecule is CC(C)(C)[Si](C)(C)OC1CCC(S(=O)(=O)O)=C(C(F)(F)F)C1. The Morgan fingerprint density at radius 3 is 2.09 bits per heavy atom.